The smallest absolute Gasteiger partial charge is 0.238 e. The van der Waals surface area contributed by atoms with Gasteiger partial charge in [-0.2, -0.15) is 0 Å². The summed E-state index contributed by atoms with van der Waals surface area (Å²) in [5, 5.41) is 10.7. The first-order valence-electron chi connectivity index (χ1n) is 15.8. The molecule has 0 aromatic heterocycles. The highest BCUT2D eigenvalue weighted by atomic mass is 127. The van der Waals surface area contributed by atoms with Crippen molar-refractivity contribution >= 4 is 57.2 Å². The number of carbonyl (C=O) groups is 4. The van der Waals surface area contributed by atoms with Crippen molar-refractivity contribution in [2.75, 3.05) is 4.90 Å². The lowest BCUT2D eigenvalue weighted by Crippen LogP contribution is -2.58. The van der Waals surface area contributed by atoms with E-state index in [1.807, 2.05) is 84.9 Å². The van der Waals surface area contributed by atoms with E-state index in [9.17, 15) is 24.3 Å². The highest BCUT2D eigenvalue weighted by molar-refractivity contribution is 14.1. The van der Waals surface area contributed by atoms with Gasteiger partial charge in [0, 0.05) is 21.0 Å². The van der Waals surface area contributed by atoms with E-state index in [4.69, 9.17) is 0 Å². The summed E-state index contributed by atoms with van der Waals surface area (Å²) in [7, 11) is 0. The fourth-order valence-corrected chi connectivity index (χ4v) is 9.16. The maximum absolute atomic E-state index is 15.0. The van der Waals surface area contributed by atoms with Crippen LogP contribution < -0.4 is 4.90 Å². The van der Waals surface area contributed by atoms with Gasteiger partial charge in [-0.15, -0.1) is 0 Å². The minimum Gasteiger partial charge on any atom is -0.508 e. The van der Waals surface area contributed by atoms with E-state index in [0.29, 0.717) is 28.8 Å². The number of imide groups is 1. The van der Waals surface area contributed by atoms with Gasteiger partial charge in [-0.3, -0.25) is 24.1 Å². The summed E-state index contributed by atoms with van der Waals surface area (Å²) in [6.45, 7) is 0. The molecule has 0 unspecified atom stereocenters. The third-order valence-electron chi connectivity index (χ3n) is 10.7. The summed E-state index contributed by atoms with van der Waals surface area (Å²) in [6.07, 6.45) is 4.13. The van der Waals surface area contributed by atoms with Gasteiger partial charge in [-0.25, -0.2) is 0 Å². The van der Waals surface area contributed by atoms with E-state index >= 15 is 0 Å². The summed E-state index contributed by atoms with van der Waals surface area (Å²) in [5.74, 6) is -3.97. The molecule has 7 heteroatoms. The second-order valence-corrected chi connectivity index (χ2v) is 14.1. The van der Waals surface area contributed by atoms with E-state index in [1.165, 1.54) is 11.0 Å². The number of allylic oxidation sites excluding steroid dienone is 4. The average Bonchev–Trinajstić information content (AvgIpc) is 3.35. The summed E-state index contributed by atoms with van der Waals surface area (Å²) >= 11 is 2.19. The van der Waals surface area contributed by atoms with Crippen LogP contribution in [0.25, 0.3) is 5.57 Å². The number of amides is 2. The predicted octanol–water partition coefficient (Wildman–Crippen LogP) is 7.03. The number of hydrogen-bond acceptors (Lipinski definition) is 5. The van der Waals surface area contributed by atoms with Gasteiger partial charge >= 0.3 is 0 Å². The van der Waals surface area contributed by atoms with Crippen LogP contribution in [0.2, 0.25) is 0 Å². The zero-order valence-corrected chi connectivity index (χ0v) is 27.4. The summed E-state index contributed by atoms with van der Waals surface area (Å²) in [6, 6.07) is 32.9. The number of nitrogens with zero attached hydrogens (tertiary/aromatic N) is 1. The molecule has 1 N–H and O–H groups in total. The number of phenols is 1. The molecule has 2 fully saturated rings. The van der Waals surface area contributed by atoms with Gasteiger partial charge in [0.15, 0.2) is 11.6 Å². The second-order valence-electron chi connectivity index (χ2n) is 12.9. The van der Waals surface area contributed by atoms with Crippen molar-refractivity contribution in [1.82, 2.24) is 0 Å². The molecule has 0 radical (unpaired) electrons. The summed E-state index contributed by atoms with van der Waals surface area (Å²) in [4.78, 5) is 59.5. The number of carbonyl (C=O) groups excluding carboxylic acids is 4. The molecule has 4 aromatic rings. The Bertz CT molecular complexity index is 2020. The number of rotatable bonds is 4. The third-order valence-corrected chi connectivity index (χ3v) is 11.4. The van der Waals surface area contributed by atoms with Crippen molar-refractivity contribution in [3.63, 3.8) is 0 Å². The fourth-order valence-electron chi connectivity index (χ4n) is 8.80. The molecule has 1 saturated heterocycles. The minimum atomic E-state index is -1.32. The molecule has 1 heterocycles. The fraction of sp³-hybridized carbons (Fsp3) is 0.200. The van der Waals surface area contributed by atoms with Crippen LogP contribution >= 0.6 is 22.6 Å². The lowest BCUT2D eigenvalue weighted by molar-refractivity contribution is -0.135. The first kappa shape index (κ1) is 29.8. The first-order valence-corrected chi connectivity index (χ1v) is 16.9. The van der Waals surface area contributed by atoms with Crippen LogP contribution in [0.15, 0.2) is 127 Å². The Hall–Kier alpha value is -4.63. The van der Waals surface area contributed by atoms with Gasteiger partial charge in [0.2, 0.25) is 11.8 Å². The van der Waals surface area contributed by atoms with Gasteiger partial charge in [-0.1, -0.05) is 84.4 Å². The van der Waals surface area contributed by atoms with E-state index in [1.54, 1.807) is 30.3 Å². The van der Waals surface area contributed by atoms with Crippen LogP contribution in [0.4, 0.5) is 5.69 Å². The quantitative estimate of drug-likeness (QED) is 0.138. The number of phenolic OH excluding ortho intramolecular Hbond substituents is 1. The van der Waals surface area contributed by atoms with Crippen molar-refractivity contribution in [2.45, 2.75) is 24.2 Å². The molecule has 1 saturated carbocycles. The zero-order chi connectivity index (χ0) is 32.4. The number of ketones is 2. The van der Waals surface area contributed by atoms with Crippen LogP contribution in [0.3, 0.4) is 0 Å². The van der Waals surface area contributed by atoms with E-state index in [0.717, 1.165) is 14.7 Å². The number of hydrogen-bond donors (Lipinski definition) is 1. The number of aromatic hydroxyl groups is 1. The van der Waals surface area contributed by atoms with Crippen LogP contribution in [-0.4, -0.2) is 28.5 Å². The topological polar surface area (TPSA) is 91.8 Å². The van der Waals surface area contributed by atoms with Crippen molar-refractivity contribution in [1.29, 1.82) is 0 Å². The number of Topliss-reactive ketones (excluding diaryl/α,β-unsaturated/α-hetero) is 1. The predicted molar refractivity (Wildman–Crippen MR) is 186 cm³/mol. The molecular formula is C40H30INO5. The highest BCUT2D eigenvalue weighted by Gasteiger charge is 2.66. The number of fused-ring (bicyclic) bond motifs is 4. The molecule has 47 heavy (non-hydrogen) atoms. The molecule has 0 spiro atoms. The Labute approximate surface area is 286 Å². The molecule has 1 aliphatic heterocycles. The molecule has 4 aliphatic rings. The Morgan fingerprint density at radius 3 is 2.17 bits per heavy atom. The van der Waals surface area contributed by atoms with Crippen LogP contribution in [0.1, 0.15) is 35.4 Å². The lowest BCUT2D eigenvalue weighted by atomic mass is 9.44. The van der Waals surface area contributed by atoms with Crippen molar-refractivity contribution in [2.24, 2.45) is 23.7 Å². The van der Waals surface area contributed by atoms with Crippen molar-refractivity contribution in [3.8, 4) is 5.75 Å². The summed E-state index contributed by atoms with van der Waals surface area (Å²) < 4.78 is 0.994. The summed E-state index contributed by atoms with van der Waals surface area (Å²) in [5.41, 5.74) is 2.53. The SMILES string of the molecule is O=C1C(c2ccccc2)=CC(=O)[C@@]2(c3ccccc3)[C@@H](c3cccc(O)c3)C3=CC[C@@H]4C(=O)N(c5ccc(I)cc5)C(=O)[C@@H]4[C@@H]3C[C@@H]12. The molecule has 2 amide bonds. The Morgan fingerprint density at radius 1 is 0.766 bits per heavy atom. The van der Waals surface area contributed by atoms with E-state index in [-0.39, 0.29) is 35.6 Å². The molecule has 6 atom stereocenters. The molecule has 4 aromatic carbocycles. The molecule has 8 rings (SSSR count). The van der Waals surface area contributed by atoms with Crippen molar-refractivity contribution < 1.29 is 24.3 Å². The third kappa shape index (κ3) is 4.43. The van der Waals surface area contributed by atoms with Gasteiger partial charge in [-0.05, 0) is 101 Å². The van der Waals surface area contributed by atoms with Crippen molar-refractivity contribution in [3.05, 3.63) is 147 Å². The Morgan fingerprint density at radius 2 is 1.47 bits per heavy atom. The van der Waals surface area contributed by atoms with Crippen LogP contribution in [0.5, 0.6) is 5.75 Å². The second kappa shape index (κ2) is 11.3. The van der Waals surface area contributed by atoms with Crippen LogP contribution in [-0.2, 0) is 24.6 Å². The van der Waals surface area contributed by atoms with E-state index in [2.05, 4.69) is 22.6 Å². The Kier molecular flexibility index (Phi) is 7.13. The molecule has 232 valence electrons. The average molecular weight is 732 g/mol. The normalized spacial score (nSPS) is 28.3. The zero-order valence-electron chi connectivity index (χ0n) is 25.3. The van der Waals surface area contributed by atoms with Gasteiger partial charge in [0.25, 0.3) is 0 Å². The molecular weight excluding hydrogens is 701 g/mol. The van der Waals surface area contributed by atoms with Crippen LogP contribution in [0, 0.1) is 27.2 Å². The van der Waals surface area contributed by atoms with E-state index < -0.39 is 35.0 Å². The number of benzene rings is 4. The maximum atomic E-state index is 15.0. The minimum absolute atomic E-state index is 0.0470. The number of anilines is 1. The first-order chi connectivity index (χ1) is 22.8. The Balaban J connectivity index is 1.35. The maximum Gasteiger partial charge on any atom is 0.238 e. The molecule has 6 nitrogen and oxygen atoms in total. The van der Waals surface area contributed by atoms with Gasteiger partial charge in [0.05, 0.1) is 22.9 Å². The molecule has 3 aliphatic carbocycles. The standard InChI is InChI=1S/C40H30INO5/c41-26-14-16-27(17-15-26)42-38(46)30-19-18-29-32(35(30)39(42)47)21-33-37(45)31(23-8-3-1-4-9-23)22-34(44)40(33,25-11-5-2-6-12-25)36(29)24-10-7-13-28(43)20-24/h1-18,20,22,30,32-33,35-36,43H,19,21H2/t30-,32+,33-,35-,36-,40-/m0/s1. The van der Waals surface area contributed by atoms with Gasteiger partial charge in [0.1, 0.15) is 5.75 Å². The largest absolute Gasteiger partial charge is 0.508 e. The lowest BCUT2D eigenvalue weighted by Gasteiger charge is -2.55. The monoisotopic (exact) mass is 731 g/mol. The molecule has 0 bridgehead atoms. The van der Waals surface area contributed by atoms with Gasteiger partial charge < -0.3 is 5.11 Å². The number of halogens is 1. The highest BCUT2D eigenvalue weighted by Crippen LogP contribution is 2.63.